The van der Waals surface area contributed by atoms with E-state index >= 15 is 0 Å². The highest BCUT2D eigenvalue weighted by atomic mass is 16.5. The van der Waals surface area contributed by atoms with E-state index in [0.717, 1.165) is 31.6 Å². The van der Waals surface area contributed by atoms with Gasteiger partial charge < -0.3 is 10.1 Å². The van der Waals surface area contributed by atoms with Gasteiger partial charge in [0.05, 0.1) is 17.5 Å². The molecule has 108 valence electrons. The molecule has 2 rings (SSSR count). The van der Waals surface area contributed by atoms with Gasteiger partial charge in [-0.1, -0.05) is 20.8 Å². The van der Waals surface area contributed by atoms with E-state index < -0.39 is 0 Å². The van der Waals surface area contributed by atoms with Crippen LogP contribution in [-0.4, -0.2) is 28.5 Å². The van der Waals surface area contributed by atoms with Crippen LogP contribution in [0.3, 0.4) is 0 Å². The molecule has 4 heteroatoms. The van der Waals surface area contributed by atoms with Gasteiger partial charge in [0.15, 0.2) is 0 Å². The van der Waals surface area contributed by atoms with E-state index in [-0.39, 0.29) is 5.41 Å². The second-order valence-corrected chi connectivity index (χ2v) is 5.75. The lowest BCUT2D eigenvalue weighted by molar-refractivity contribution is -0.109. The highest BCUT2D eigenvalue weighted by Gasteiger charge is 2.51. The average molecular weight is 265 g/mol. The molecular formula is C15H27N3O. The van der Waals surface area contributed by atoms with Crippen molar-refractivity contribution in [3.05, 3.63) is 11.9 Å². The highest BCUT2D eigenvalue weighted by Crippen LogP contribution is 2.47. The van der Waals surface area contributed by atoms with Crippen LogP contribution in [0.25, 0.3) is 0 Å². The predicted molar refractivity (Wildman–Crippen MR) is 78.4 cm³/mol. The molecule has 0 radical (unpaired) electrons. The summed E-state index contributed by atoms with van der Waals surface area (Å²) in [5, 5.41) is 8.18. The van der Waals surface area contributed by atoms with Gasteiger partial charge in [0.25, 0.3) is 0 Å². The number of nitrogens with one attached hydrogen (secondary N) is 1. The largest absolute Gasteiger partial charge is 0.379 e. The first-order chi connectivity index (χ1) is 9.05. The summed E-state index contributed by atoms with van der Waals surface area (Å²) < 4.78 is 7.75. The van der Waals surface area contributed by atoms with Gasteiger partial charge in [0, 0.05) is 31.3 Å². The Kier molecular flexibility index (Phi) is 4.19. The van der Waals surface area contributed by atoms with Crippen molar-refractivity contribution < 1.29 is 4.74 Å². The number of anilines is 1. The summed E-state index contributed by atoms with van der Waals surface area (Å²) in [5.74, 6) is 0. The summed E-state index contributed by atoms with van der Waals surface area (Å²) in [7, 11) is 1.98. The van der Waals surface area contributed by atoms with Gasteiger partial charge in [0.1, 0.15) is 0 Å². The maximum atomic E-state index is 5.85. The molecule has 0 bridgehead atoms. The van der Waals surface area contributed by atoms with E-state index in [9.17, 15) is 0 Å². The SMILES string of the molecule is CCOC1CC(Nc2cn(C)nc2CC)C1(C)CC. The molecule has 0 spiro atoms. The van der Waals surface area contributed by atoms with Gasteiger partial charge in [-0.25, -0.2) is 0 Å². The minimum Gasteiger partial charge on any atom is -0.379 e. The molecule has 0 aliphatic heterocycles. The molecule has 0 amide bonds. The van der Waals surface area contributed by atoms with Gasteiger partial charge in [-0.2, -0.15) is 5.10 Å². The smallest absolute Gasteiger partial charge is 0.0853 e. The Morgan fingerprint density at radius 1 is 1.47 bits per heavy atom. The van der Waals surface area contributed by atoms with Crippen LogP contribution >= 0.6 is 0 Å². The van der Waals surface area contributed by atoms with E-state index in [1.807, 2.05) is 11.7 Å². The minimum absolute atomic E-state index is 0.233. The molecule has 1 saturated carbocycles. The van der Waals surface area contributed by atoms with Crippen molar-refractivity contribution in [1.82, 2.24) is 9.78 Å². The topological polar surface area (TPSA) is 39.1 Å². The molecule has 1 fully saturated rings. The van der Waals surface area contributed by atoms with E-state index in [2.05, 4.69) is 44.3 Å². The molecule has 1 aromatic rings. The van der Waals surface area contributed by atoms with E-state index in [1.54, 1.807) is 0 Å². The summed E-state index contributed by atoms with van der Waals surface area (Å²) in [6.45, 7) is 9.61. The zero-order valence-electron chi connectivity index (χ0n) is 12.9. The lowest BCUT2D eigenvalue weighted by Gasteiger charge is -2.53. The quantitative estimate of drug-likeness (QED) is 0.859. The Morgan fingerprint density at radius 3 is 2.79 bits per heavy atom. The Morgan fingerprint density at radius 2 is 2.21 bits per heavy atom. The Balaban J connectivity index is 2.07. The number of rotatable bonds is 6. The third-order valence-electron chi connectivity index (χ3n) is 4.68. The van der Waals surface area contributed by atoms with Crippen molar-refractivity contribution in [2.24, 2.45) is 12.5 Å². The average Bonchev–Trinajstić information content (AvgIpc) is 2.76. The molecule has 0 saturated heterocycles. The van der Waals surface area contributed by atoms with Crippen molar-refractivity contribution in [2.45, 2.75) is 59.1 Å². The van der Waals surface area contributed by atoms with Gasteiger partial charge in [-0.3, -0.25) is 4.68 Å². The van der Waals surface area contributed by atoms with Gasteiger partial charge in [-0.05, 0) is 26.2 Å². The monoisotopic (exact) mass is 265 g/mol. The fourth-order valence-corrected chi connectivity index (χ4v) is 3.08. The molecule has 1 heterocycles. The van der Waals surface area contributed by atoms with Crippen LogP contribution in [0.2, 0.25) is 0 Å². The lowest BCUT2D eigenvalue weighted by atomic mass is 9.61. The number of aryl methyl sites for hydroxylation is 2. The fraction of sp³-hybridized carbons (Fsp3) is 0.800. The molecule has 3 atom stereocenters. The van der Waals surface area contributed by atoms with Crippen LogP contribution in [-0.2, 0) is 18.2 Å². The van der Waals surface area contributed by atoms with Crippen molar-refractivity contribution in [3.63, 3.8) is 0 Å². The minimum atomic E-state index is 0.233. The number of nitrogens with zero attached hydrogens (tertiary/aromatic N) is 2. The molecule has 4 nitrogen and oxygen atoms in total. The van der Waals surface area contributed by atoms with Crippen LogP contribution in [0.15, 0.2) is 6.20 Å². The second-order valence-electron chi connectivity index (χ2n) is 5.75. The summed E-state index contributed by atoms with van der Waals surface area (Å²) >= 11 is 0. The third kappa shape index (κ3) is 2.50. The zero-order valence-corrected chi connectivity index (χ0v) is 12.9. The molecular weight excluding hydrogens is 238 g/mol. The Bertz CT molecular complexity index is 429. The van der Waals surface area contributed by atoms with Crippen molar-refractivity contribution in [1.29, 1.82) is 0 Å². The van der Waals surface area contributed by atoms with Crippen molar-refractivity contribution in [2.75, 3.05) is 11.9 Å². The summed E-state index contributed by atoms with van der Waals surface area (Å²) in [6, 6.07) is 0.489. The zero-order chi connectivity index (χ0) is 14.0. The second kappa shape index (κ2) is 5.53. The van der Waals surface area contributed by atoms with Gasteiger partial charge in [-0.15, -0.1) is 0 Å². The Labute approximate surface area is 116 Å². The first-order valence-corrected chi connectivity index (χ1v) is 7.45. The van der Waals surface area contributed by atoms with E-state index in [4.69, 9.17) is 4.74 Å². The van der Waals surface area contributed by atoms with Gasteiger partial charge >= 0.3 is 0 Å². The fourth-order valence-electron chi connectivity index (χ4n) is 3.08. The van der Waals surface area contributed by atoms with Crippen LogP contribution in [0.1, 0.15) is 46.2 Å². The molecule has 0 aromatic carbocycles. The summed E-state index contributed by atoms with van der Waals surface area (Å²) in [4.78, 5) is 0. The van der Waals surface area contributed by atoms with E-state index in [0.29, 0.717) is 12.1 Å². The third-order valence-corrected chi connectivity index (χ3v) is 4.68. The summed E-state index contributed by atoms with van der Waals surface area (Å²) in [5.41, 5.74) is 2.57. The number of hydrogen-bond acceptors (Lipinski definition) is 3. The number of ether oxygens (including phenoxy) is 1. The normalized spacial score (nSPS) is 30.2. The van der Waals surface area contributed by atoms with Crippen LogP contribution in [0.4, 0.5) is 5.69 Å². The molecule has 1 aliphatic carbocycles. The molecule has 1 aliphatic rings. The summed E-state index contributed by atoms with van der Waals surface area (Å²) in [6.07, 6.45) is 5.67. The lowest BCUT2D eigenvalue weighted by Crippen LogP contribution is -2.59. The van der Waals surface area contributed by atoms with E-state index in [1.165, 1.54) is 5.69 Å². The van der Waals surface area contributed by atoms with Crippen LogP contribution in [0, 0.1) is 5.41 Å². The molecule has 1 N–H and O–H groups in total. The first kappa shape index (κ1) is 14.4. The highest BCUT2D eigenvalue weighted by molar-refractivity contribution is 5.48. The van der Waals surface area contributed by atoms with Crippen LogP contribution < -0.4 is 5.32 Å². The van der Waals surface area contributed by atoms with Crippen molar-refractivity contribution in [3.8, 4) is 0 Å². The standard InChI is InChI=1S/C15H27N3O/c1-6-11-12(10-18(5)17-11)16-13-9-14(19-8-3)15(13,4)7-2/h10,13-14,16H,6-9H2,1-5H3. The molecule has 3 unspecified atom stereocenters. The molecule has 19 heavy (non-hydrogen) atoms. The number of aromatic nitrogens is 2. The molecule has 1 aromatic heterocycles. The maximum Gasteiger partial charge on any atom is 0.0853 e. The first-order valence-electron chi connectivity index (χ1n) is 7.45. The van der Waals surface area contributed by atoms with Crippen molar-refractivity contribution >= 4 is 5.69 Å². The predicted octanol–water partition coefficient (Wildman–Crippen LogP) is 2.99. The Hall–Kier alpha value is -1.03. The van der Waals surface area contributed by atoms with Crippen LogP contribution in [0.5, 0.6) is 0 Å². The van der Waals surface area contributed by atoms with Gasteiger partial charge in [0.2, 0.25) is 0 Å². The maximum absolute atomic E-state index is 5.85. The number of hydrogen-bond donors (Lipinski definition) is 1.